The molecule has 0 bridgehead atoms. The molecule has 96 valence electrons. The summed E-state index contributed by atoms with van der Waals surface area (Å²) in [5.74, 6) is 1.27. The van der Waals surface area contributed by atoms with E-state index >= 15 is 0 Å². The van der Waals surface area contributed by atoms with Crippen molar-refractivity contribution in [1.82, 2.24) is 0 Å². The van der Waals surface area contributed by atoms with Gasteiger partial charge >= 0.3 is 0 Å². The van der Waals surface area contributed by atoms with E-state index < -0.39 is 0 Å². The number of furan rings is 1. The SMILES string of the molecule is Cc1oc(COCc2ccccc2F)cc1CN. The van der Waals surface area contributed by atoms with Crippen molar-refractivity contribution in [3.63, 3.8) is 0 Å². The first-order chi connectivity index (χ1) is 8.70. The molecule has 4 heteroatoms. The van der Waals surface area contributed by atoms with E-state index in [1.807, 2.05) is 13.0 Å². The van der Waals surface area contributed by atoms with E-state index in [1.165, 1.54) is 6.07 Å². The summed E-state index contributed by atoms with van der Waals surface area (Å²) < 4.78 is 24.2. The highest BCUT2D eigenvalue weighted by molar-refractivity contribution is 5.20. The first kappa shape index (κ1) is 12.8. The maximum Gasteiger partial charge on any atom is 0.130 e. The number of benzene rings is 1. The molecule has 1 aromatic carbocycles. The second-order valence-electron chi connectivity index (χ2n) is 4.08. The van der Waals surface area contributed by atoms with Crippen molar-refractivity contribution in [2.45, 2.75) is 26.7 Å². The van der Waals surface area contributed by atoms with E-state index in [2.05, 4.69) is 0 Å². The average Bonchev–Trinajstić information content (AvgIpc) is 2.72. The molecule has 2 aromatic rings. The zero-order chi connectivity index (χ0) is 13.0. The quantitative estimate of drug-likeness (QED) is 0.886. The lowest BCUT2D eigenvalue weighted by Gasteiger charge is -2.03. The second-order valence-corrected chi connectivity index (χ2v) is 4.08. The average molecular weight is 249 g/mol. The normalized spacial score (nSPS) is 10.8. The van der Waals surface area contributed by atoms with Gasteiger partial charge < -0.3 is 14.9 Å². The molecule has 18 heavy (non-hydrogen) atoms. The molecular weight excluding hydrogens is 233 g/mol. The first-order valence-electron chi connectivity index (χ1n) is 5.80. The minimum absolute atomic E-state index is 0.227. The largest absolute Gasteiger partial charge is 0.464 e. The lowest BCUT2D eigenvalue weighted by molar-refractivity contribution is 0.0903. The van der Waals surface area contributed by atoms with Gasteiger partial charge in [0.15, 0.2) is 0 Å². The number of rotatable bonds is 5. The third-order valence-electron chi connectivity index (χ3n) is 2.75. The zero-order valence-corrected chi connectivity index (χ0v) is 10.3. The third kappa shape index (κ3) is 2.97. The molecule has 0 radical (unpaired) electrons. The fraction of sp³-hybridized carbons (Fsp3) is 0.286. The number of hydrogen-bond donors (Lipinski definition) is 1. The molecule has 0 fully saturated rings. The molecule has 3 nitrogen and oxygen atoms in total. The summed E-state index contributed by atoms with van der Waals surface area (Å²) in [5, 5.41) is 0. The second kappa shape index (κ2) is 5.80. The van der Waals surface area contributed by atoms with Crippen LogP contribution in [-0.4, -0.2) is 0 Å². The Kier molecular flexibility index (Phi) is 4.12. The Morgan fingerprint density at radius 3 is 2.67 bits per heavy atom. The summed E-state index contributed by atoms with van der Waals surface area (Å²) in [4.78, 5) is 0. The number of aryl methyl sites for hydroxylation is 1. The standard InChI is InChI=1S/C14H16FNO2/c1-10-12(7-16)6-13(18-10)9-17-8-11-4-2-3-5-14(11)15/h2-6H,7-9,16H2,1H3. The van der Waals surface area contributed by atoms with Crippen molar-refractivity contribution in [2.24, 2.45) is 5.73 Å². The van der Waals surface area contributed by atoms with E-state index in [9.17, 15) is 4.39 Å². The molecule has 0 atom stereocenters. The van der Waals surface area contributed by atoms with Crippen LogP contribution in [0.1, 0.15) is 22.6 Å². The molecule has 2 N–H and O–H groups in total. The summed E-state index contributed by atoms with van der Waals surface area (Å²) >= 11 is 0. The van der Waals surface area contributed by atoms with Gasteiger partial charge in [-0.25, -0.2) is 4.39 Å². The van der Waals surface area contributed by atoms with Gasteiger partial charge in [0, 0.05) is 17.7 Å². The van der Waals surface area contributed by atoms with Crippen LogP contribution in [-0.2, 0) is 24.5 Å². The predicted molar refractivity (Wildman–Crippen MR) is 66.2 cm³/mol. The van der Waals surface area contributed by atoms with E-state index in [0.29, 0.717) is 24.5 Å². The maximum absolute atomic E-state index is 13.3. The van der Waals surface area contributed by atoms with Crippen molar-refractivity contribution < 1.29 is 13.5 Å². The molecule has 0 saturated carbocycles. The van der Waals surface area contributed by atoms with Gasteiger partial charge in [-0.1, -0.05) is 18.2 Å². The van der Waals surface area contributed by atoms with Crippen LogP contribution in [0.2, 0.25) is 0 Å². The molecule has 1 aromatic heterocycles. The molecule has 0 unspecified atom stereocenters. The van der Waals surface area contributed by atoms with Crippen molar-refractivity contribution in [3.05, 3.63) is 58.8 Å². The van der Waals surface area contributed by atoms with E-state index in [4.69, 9.17) is 14.9 Å². The van der Waals surface area contributed by atoms with Crippen LogP contribution >= 0.6 is 0 Å². The molecule has 0 saturated heterocycles. The van der Waals surface area contributed by atoms with Crippen molar-refractivity contribution in [1.29, 1.82) is 0 Å². The van der Waals surface area contributed by atoms with Gasteiger partial charge in [-0.2, -0.15) is 0 Å². The first-order valence-corrected chi connectivity index (χ1v) is 5.80. The van der Waals surface area contributed by atoms with Gasteiger partial charge in [0.1, 0.15) is 23.9 Å². The van der Waals surface area contributed by atoms with Gasteiger partial charge in [-0.15, -0.1) is 0 Å². The van der Waals surface area contributed by atoms with Crippen LogP contribution in [0.4, 0.5) is 4.39 Å². The molecule has 0 aliphatic rings. The maximum atomic E-state index is 13.3. The molecule has 2 rings (SSSR count). The highest BCUT2D eigenvalue weighted by atomic mass is 19.1. The predicted octanol–water partition coefficient (Wildman–Crippen LogP) is 2.90. The van der Waals surface area contributed by atoms with Gasteiger partial charge in [-0.05, 0) is 19.1 Å². The monoisotopic (exact) mass is 249 g/mol. The van der Waals surface area contributed by atoms with Crippen LogP contribution in [0.25, 0.3) is 0 Å². The van der Waals surface area contributed by atoms with Gasteiger partial charge in [0.2, 0.25) is 0 Å². The molecule has 1 heterocycles. The number of ether oxygens (including phenoxy) is 1. The van der Waals surface area contributed by atoms with Crippen LogP contribution < -0.4 is 5.73 Å². The molecule has 0 aliphatic carbocycles. The smallest absolute Gasteiger partial charge is 0.130 e. The topological polar surface area (TPSA) is 48.4 Å². The highest BCUT2D eigenvalue weighted by Gasteiger charge is 2.06. The number of halogens is 1. The Morgan fingerprint density at radius 1 is 1.22 bits per heavy atom. The zero-order valence-electron chi connectivity index (χ0n) is 10.3. The number of nitrogens with two attached hydrogens (primary N) is 1. The van der Waals surface area contributed by atoms with Crippen LogP contribution in [0.15, 0.2) is 34.7 Å². The van der Waals surface area contributed by atoms with Gasteiger partial charge in [-0.3, -0.25) is 0 Å². The Hall–Kier alpha value is -1.65. The Labute approximate surface area is 105 Å². The van der Waals surface area contributed by atoms with Crippen LogP contribution in [0.3, 0.4) is 0 Å². The summed E-state index contributed by atoms with van der Waals surface area (Å²) in [6.45, 7) is 2.85. The Morgan fingerprint density at radius 2 is 2.00 bits per heavy atom. The minimum atomic E-state index is -0.254. The lowest BCUT2D eigenvalue weighted by Crippen LogP contribution is -1.96. The van der Waals surface area contributed by atoms with Crippen molar-refractivity contribution in [3.8, 4) is 0 Å². The number of hydrogen-bond acceptors (Lipinski definition) is 3. The summed E-state index contributed by atoms with van der Waals surface area (Å²) in [6.07, 6.45) is 0. The fourth-order valence-electron chi connectivity index (χ4n) is 1.74. The molecule has 0 aliphatic heterocycles. The molecular formula is C14H16FNO2. The van der Waals surface area contributed by atoms with Crippen LogP contribution in [0, 0.1) is 12.7 Å². The van der Waals surface area contributed by atoms with E-state index in [1.54, 1.807) is 18.2 Å². The summed E-state index contributed by atoms with van der Waals surface area (Å²) in [6, 6.07) is 8.43. The lowest BCUT2D eigenvalue weighted by atomic mass is 10.2. The van der Waals surface area contributed by atoms with Crippen molar-refractivity contribution >= 4 is 0 Å². The van der Waals surface area contributed by atoms with Crippen LogP contribution in [0.5, 0.6) is 0 Å². The third-order valence-corrected chi connectivity index (χ3v) is 2.75. The van der Waals surface area contributed by atoms with E-state index in [-0.39, 0.29) is 12.4 Å². The minimum Gasteiger partial charge on any atom is -0.464 e. The molecule has 0 amide bonds. The van der Waals surface area contributed by atoms with Gasteiger partial charge in [0.25, 0.3) is 0 Å². The van der Waals surface area contributed by atoms with E-state index in [0.717, 1.165) is 11.3 Å². The van der Waals surface area contributed by atoms with Gasteiger partial charge in [0.05, 0.1) is 6.61 Å². The summed E-state index contributed by atoms with van der Waals surface area (Å²) in [5.41, 5.74) is 7.07. The molecule has 0 spiro atoms. The highest BCUT2D eigenvalue weighted by Crippen LogP contribution is 2.16. The van der Waals surface area contributed by atoms with Crippen molar-refractivity contribution in [2.75, 3.05) is 0 Å². The Bertz CT molecular complexity index is 522. The Balaban J connectivity index is 1.90. The fourth-order valence-corrected chi connectivity index (χ4v) is 1.74. The summed E-state index contributed by atoms with van der Waals surface area (Å²) in [7, 11) is 0.